The maximum absolute atomic E-state index is 13.0. The van der Waals surface area contributed by atoms with Crippen molar-refractivity contribution in [2.75, 3.05) is 6.61 Å². The van der Waals surface area contributed by atoms with Crippen LogP contribution in [0.5, 0.6) is 0 Å². The van der Waals surface area contributed by atoms with Crippen LogP contribution in [0.1, 0.15) is 30.7 Å². The summed E-state index contributed by atoms with van der Waals surface area (Å²) in [5.41, 5.74) is 1.34. The zero-order valence-electron chi connectivity index (χ0n) is 14.1. The number of aromatic nitrogens is 3. The summed E-state index contributed by atoms with van der Waals surface area (Å²) in [6.45, 7) is 4.06. The van der Waals surface area contributed by atoms with Crippen molar-refractivity contribution in [2.45, 2.75) is 29.9 Å². The lowest BCUT2D eigenvalue weighted by Crippen LogP contribution is -2.07. The van der Waals surface area contributed by atoms with Gasteiger partial charge in [-0.25, -0.2) is 9.37 Å². The van der Waals surface area contributed by atoms with E-state index in [2.05, 4.69) is 15.2 Å². The van der Waals surface area contributed by atoms with Crippen molar-refractivity contribution in [1.29, 1.82) is 0 Å². The maximum Gasteiger partial charge on any atom is 0.311 e. The Bertz CT molecular complexity index is 880. The molecule has 0 spiro atoms. The van der Waals surface area contributed by atoms with Crippen molar-refractivity contribution in [1.82, 2.24) is 15.2 Å². The summed E-state index contributed by atoms with van der Waals surface area (Å²) in [6.07, 6.45) is 0.161. The van der Waals surface area contributed by atoms with Gasteiger partial charge in [-0.2, -0.15) is 0 Å². The van der Waals surface area contributed by atoms with Crippen LogP contribution in [0.3, 0.4) is 0 Å². The van der Waals surface area contributed by atoms with Crippen LogP contribution in [0.4, 0.5) is 4.39 Å². The molecule has 0 unspecified atom stereocenters. The average molecular weight is 393 g/mol. The summed E-state index contributed by atoms with van der Waals surface area (Å²) in [5.74, 6) is 0.189. The summed E-state index contributed by atoms with van der Waals surface area (Å²) in [6, 6.07) is 5.87. The van der Waals surface area contributed by atoms with Crippen molar-refractivity contribution < 1.29 is 18.3 Å². The van der Waals surface area contributed by atoms with Gasteiger partial charge in [-0.05, 0) is 38.1 Å². The monoisotopic (exact) mass is 393 g/mol. The molecule has 9 heteroatoms. The summed E-state index contributed by atoms with van der Waals surface area (Å²) in [4.78, 5) is 15.9. The molecule has 6 nitrogen and oxygen atoms in total. The lowest BCUT2D eigenvalue weighted by Gasteiger charge is -2.03. The number of hydrogen-bond donors (Lipinski definition) is 0. The highest BCUT2D eigenvalue weighted by molar-refractivity contribution is 8.01. The number of nitrogens with zero attached hydrogens (tertiary/aromatic N) is 3. The van der Waals surface area contributed by atoms with Crippen molar-refractivity contribution in [3.63, 3.8) is 0 Å². The molecule has 1 aromatic carbocycles. The molecule has 0 saturated heterocycles. The van der Waals surface area contributed by atoms with Crippen LogP contribution in [0.25, 0.3) is 11.5 Å². The standard InChI is InChI=1S/C17H16FN3O3S2/c1-3-23-14(22)8-13-9-25-17(19-13)26-10(2)15-20-21-16(24-15)11-4-6-12(18)7-5-11/h4-7,9-10H,3,8H2,1-2H3/t10-/m1/s1. The largest absolute Gasteiger partial charge is 0.466 e. The second-order valence-corrected chi connectivity index (χ2v) is 7.75. The second-order valence-electron chi connectivity index (χ2n) is 5.30. The Kier molecular flexibility index (Phi) is 6.00. The quantitative estimate of drug-likeness (QED) is 0.438. The van der Waals surface area contributed by atoms with E-state index < -0.39 is 0 Å². The lowest BCUT2D eigenvalue weighted by atomic mass is 10.2. The van der Waals surface area contributed by atoms with Gasteiger partial charge in [0.05, 0.1) is 24.0 Å². The van der Waals surface area contributed by atoms with Crippen LogP contribution in [-0.2, 0) is 16.0 Å². The number of thioether (sulfide) groups is 1. The Morgan fingerprint density at radius 3 is 2.85 bits per heavy atom. The molecule has 0 amide bonds. The fourth-order valence-electron chi connectivity index (χ4n) is 2.09. The van der Waals surface area contributed by atoms with Gasteiger partial charge in [-0.1, -0.05) is 11.8 Å². The van der Waals surface area contributed by atoms with E-state index >= 15 is 0 Å². The van der Waals surface area contributed by atoms with Gasteiger partial charge in [0.25, 0.3) is 0 Å². The predicted molar refractivity (Wildman–Crippen MR) is 96.4 cm³/mol. The molecular formula is C17H16FN3O3S2. The van der Waals surface area contributed by atoms with Gasteiger partial charge >= 0.3 is 5.97 Å². The SMILES string of the molecule is CCOC(=O)Cc1csc(S[C@H](C)c2nnc(-c3ccc(F)cc3)o2)n1. The number of thiazole rings is 1. The third-order valence-corrected chi connectivity index (χ3v) is 5.43. The Morgan fingerprint density at radius 2 is 2.12 bits per heavy atom. The van der Waals surface area contributed by atoms with E-state index in [0.717, 1.165) is 4.34 Å². The van der Waals surface area contributed by atoms with Crippen molar-refractivity contribution in [2.24, 2.45) is 0 Å². The Labute approximate surface area is 157 Å². The van der Waals surface area contributed by atoms with Crippen molar-refractivity contribution in [3.8, 4) is 11.5 Å². The van der Waals surface area contributed by atoms with Crippen LogP contribution < -0.4 is 0 Å². The minimum Gasteiger partial charge on any atom is -0.466 e. The summed E-state index contributed by atoms with van der Waals surface area (Å²) >= 11 is 2.92. The van der Waals surface area contributed by atoms with Crippen LogP contribution >= 0.6 is 23.1 Å². The number of hydrogen-bond acceptors (Lipinski definition) is 8. The highest BCUT2D eigenvalue weighted by atomic mass is 32.2. The van der Waals surface area contributed by atoms with E-state index in [0.29, 0.717) is 29.6 Å². The fourth-order valence-corrected chi connectivity index (χ4v) is 4.10. The zero-order valence-corrected chi connectivity index (χ0v) is 15.8. The molecule has 0 N–H and O–H groups in total. The van der Waals surface area contributed by atoms with Gasteiger partial charge in [0, 0.05) is 10.9 Å². The first-order valence-electron chi connectivity index (χ1n) is 7.91. The number of carbonyl (C=O) groups excluding carboxylic acids is 1. The predicted octanol–water partition coefficient (Wildman–Crippen LogP) is 4.29. The molecule has 0 radical (unpaired) electrons. The molecule has 0 aliphatic heterocycles. The van der Waals surface area contributed by atoms with Gasteiger partial charge in [0.15, 0.2) is 4.34 Å². The molecule has 0 aliphatic rings. The van der Waals surface area contributed by atoms with E-state index in [1.807, 2.05) is 12.3 Å². The fraction of sp³-hybridized carbons (Fsp3) is 0.294. The summed E-state index contributed by atoms with van der Waals surface area (Å²) < 4.78 is 24.4. The first-order chi connectivity index (χ1) is 12.5. The number of carbonyl (C=O) groups is 1. The van der Waals surface area contributed by atoms with Crippen molar-refractivity contribution in [3.05, 3.63) is 47.0 Å². The number of halogens is 1. The molecule has 2 heterocycles. The molecule has 0 aliphatic carbocycles. The molecule has 3 rings (SSSR count). The van der Waals surface area contributed by atoms with Crippen LogP contribution in [-0.4, -0.2) is 27.8 Å². The Hall–Kier alpha value is -2.26. The van der Waals surface area contributed by atoms with Gasteiger partial charge in [-0.15, -0.1) is 21.5 Å². The molecule has 0 bridgehead atoms. The minimum atomic E-state index is -0.320. The van der Waals surface area contributed by atoms with E-state index in [9.17, 15) is 9.18 Å². The van der Waals surface area contributed by atoms with Gasteiger partial charge in [-0.3, -0.25) is 4.79 Å². The van der Waals surface area contributed by atoms with Crippen LogP contribution in [0.2, 0.25) is 0 Å². The molecule has 136 valence electrons. The average Bonchev–Trinajstić information content (AvgIpc) is 3.25. The zero-order chi connectivity index (χ0) is 18.5. The number of rotatable bonds is 7. The van der Waals surface area contributed by atoms with Crippen LogP contribution in [0, 0.1) is 5.82 Å². The topological polar surface area (TPSA) is 78.1 Å². The normalized spacial score (nSPS) is 12.1. The number of ether oxygens (including phenoxy) is 1. The second kappa shape index (κ2) is 8.41. The molecule has 1 atom stereocenters. The highest BCUT2D eigenvalue weighted by Gasteiger charge is 2.18. The third kappa shape index (κ3) is 4.67. The van der Waals surface area contributed by atoms with Crippen molar-refractivity contribution >= 4 is 29.1 Å². The van der Waals surface area contributed by atoms with Crippen LogP contribution in [0.15, 0.2) is 38.4 Å². The van der Waals surface area contributed by atoms with Gasteiger partial charge < -0.3 is 9.15 Å². The lowest BCUT2D eigenvalue weighted by molar-refractivity contribution is -0.142. The molecule has 3 aromatic rings. The molecule has 0 saturated carbocycles. The molecule has 26 heavy (non-hydrogen) atoms. The Balaban J connectivity index is 1.63. The van der Waals surface area contributed by atoms with Gasteiger partial charge in [0.1, 0.15) is 5.82 Å². The first-order valence-corrected chi connectivity index (χ1v) is 9.67. The van der Waals surface area contributed by atoms with Gasteiger partial charge in [0.2, 0.25) is 11.8 Å². The minimum absolute atomic E-state index is 0.113. The highest BCUT2D eigenvalue weighted by Crippen LogP contribution is 2.36. The summed E-state index contributed by atoms with van der Waals surface area (Å²) in [7, 11) is 0. The maximum atomic E-state index is 13.0. The summed E-state index contributed by atoms with van der Waals surface area (Å²) in [5, 5.41) is 9.80. The van der Waals surface area contributed by atoms with E-state index in [-0.39, 0.29) is 23.5 Å². The van der Waals surface area contributed by atoms with E-state index in [4.69, 9.17) is 9.15 Å². The Morgan fingerprint density at radius 1 is 1.35 bits per heavy atom. The number of esters is 1. The van der Waals surface area contributed by atoms with E-state index in [1.165, 1.54) is 35.2 Å². The third-order valence-electron chi connectivity index (χ3n) is 3.32. The molecular weight excluding hydrogens is 377 g/mol. The molecule has 0 fully saturated rings. The molecule has 2 aromatic heterocycles. The smallest absolute Gasteiger partial charge is 0.311 e. The first kappa shape index (κ1) is 18.5. The van der Waals surface area contributed by atoms with E-state index in [1.54, 1.807) is 19.1 Å². The number of benzene rings is 1.